The molecule has 0 aromatic heterocycles. The van der Waals surface area contributed by atoms with Crippen LogP contribution < -0.4 is 5.32 Å². The molecule has 1 N–H and O–H groups in total. The number of nitro benzene ring substituents is 1. The van der Waals surface area contributed by atoms with Gasteiger partial charge in [0.05, 0.1) is 11.0 Å². The molecule has 0 heterocycles. The third-order valence-corrected chi connectivity index (χ3v) is 3.19. The molecule has 2 aromatic carbocycles. The van der Waals surface area contributed by atoms with E-state index in [0.29, 0.717) is 12.1 Å². The van der Waals surface area contributed by atoms with E-state index in [1.54, 1.807) is 0 Å². The Kier molecular flexibility index (Phi) is 4.47. The Hall–Kier alpha value is -2.50. The highest BCUT2D eigenvalue weighted by atomic mass is 19.1. The van der Waals surface area contributed by atoms with E-state index in [0.717, 1.165) is 17.5 Å². The molecular weight excluding hydrogens is 278 g/mol. The van der Waals surface area contributed by atoms with E-state index in [1.807, 2.05) is 31.2 Å². The van der Waals surface area contributed by atoms with E-state index in [2.05, 4.69) is 5.32 Å². The van der Waals surface area contributed by atoms with Gasteiger partial charge in [-0.05, 0) is 17.5 Å². The van der Waals surface area contributed by atoms with Crippen LogP contribution in [0.4, 0.5) is 20.2 Å². The van der Waals surface area contributed by atoms with Crippen molar-refractivity contribution in [3.63, 3.8) is 0 Å². The summed E-state index contributed by atoms with van der Waals surface area (Å²) in [5.41, 5.74) is 1.07. The summed E-state index contributed by atoms with van der Waals surface area (Å²) in [5.74, 6) is -1.95. The van der Waals surface area contributed by atoms with E-state index in [-0.39, 0.29) is 12.2 Å². The molecule has 0 aliphatic rings. The number of aryl methyl sites for hydroxylation is 1. The zero-order valence-corrected chi connectivity index (χ0v) is 11.4. The van der Waals surface area contributed by atoms with Crippen LogP contribution >= 0.6 is 0 Å². The normalized spacial score (nSPS) is 10.4. The van der Waals surface area contributed by atoms with E-state index >= 15 is 0 Å². The van der Waals surface area contributed by atoms with Gasteiger partial charge in [-0.1, -0.05) is 31.2 Å². The number of benzene rings is 2. The summed E-state index contributed by atoms with van der Waals surface area (Å²) >= 11 is 0. The molecule has 0 amide bonds. The van der Waals surface area contributed by atoms with Gasteiger partial charge in [-0.15, -0.1) is 0 Å². The Labute approximate surface area is 120 Å². The van der Waals surface area contributed by atoms with E-state index < -0.39 is 22.2 Å². The van der Waals surface area contributed by atoms with Crippen LogP contribution in [-0.4, -0.2) is 4.92 Å². The second-order valence-corrected chi connectivity index (χ2v) is 4.51. The minimum absolute atomic E-state index is 0.230. The number of anilines is 1. The molecule has 0 bridgehead atoms. The highest BCUT2D eigenvalue weighted by Gasteiger charge is 2.20. The van der Waals surface area contributed by atoms with Crippen molar-refractivity contribution in [1.29, 1.82) is 0 Å². The molecule has 0 spiro atoms. The monoisotopic (exact) mass is 292 g/mol. The molecule has 0 saturated heterocycles. The van der Waals surface area contributed by atoms with Gasteiger partial charge in [0.1, 0.15) is 11.5 Å². The maximum absolute atomic E-state index is 13.7. The maximum atomic E-state index is 13.7. The van der Waals surface area contributed by atoms with Crippen LogP contribution in [0.25, 0.3) is 0 Å². The van der Waals surface area contributed by atoms with Gasteiger partial charge in [0.25, 0.3) is 5.69 Å². The number of hydrogen-bond acceptors (Lipinski definition) is 3. The molecule has 0 unspecified atom stereocenters. The van der Waals surface area contributed by atoms with Crippen LogP contribution in [0.2, 0.25) is 0 Å². The van der Waals surface area contributed by atoms with E-state index in [4.69, 9.17) is 0 Å². The van der Waals surface area contributed by atoms with Crippen molar-refractivity contribution in [1.82, 2.24) is 0 Å². The summed E-state index contributed by atoms with van der Waals surface area (Å²) < 4.78 is 26.8. The number of rotatable bonds is 5. The number of nitrogens with zero attached hydrogens (tertiary/aromatic N) is 1. The van der Waals surface area contributed by atoms with Gasteiger partial charge in [-0.25, -0.2) is 8.78 Å². The first-order valence-corrected chi connectivity index (χ1v) is 6.47. The fourth-order valence-electron chi connectivity index (χ4n) is 2.14. The number of halogens is 2. The number of nitro groups is 1. The van der Waals surface area contributed by atoms with E-state index in [1.165, 1.54) is 0 Å². The fourth-order valence-corrected chi connectivity index (χ4v) is 2.14. The predicted octanol–water partition coefficient (Wildman–Crippen LogP) is 4.05. The first kappa shape index (κ1) is 14.9. The third kappa shape index (κ3) is 3.34. The molecule has 0 fully saturated rings. The fraction of sp³-hybridized carbons (Fsp3) is 0.200. The minimum atomic E-state index is -0.976. The van der Waals surface area contributed by atoms with Crippen molar-refractivity contribution in [2.75, 3.05) is 5.32 Å². The van der Waals surface area contributed by atoms with Crippen LogP contribution in [0.1, 0.15) is 18.1 Å². The van der Waals surface area contributed by atoms with Crippen LogP contribution in [-0.2, 0) is 13.0 Å². The van der Waals surface area contributed by atoms with Crippen LogP contribution in [0.15, 0.2) is 36.4 Å². The zero-order valence-electron chi connectivity index (χ0n) is 11.4. The van der Waals surface area contributed by atoms with Crippen molar-refractivity contribution in [2.24, 2.45) is 0 Å². The highest BCUT2D eigenvalue weighted by molar-refractivity contribution is 5.62. The lowest BCUT2D eigenvalue weighted by Gasteiger charge is -2.11. The van der Waals surface area contributed by atoms with Crippen molar-refractivity contribution in [3.05, 3.63) is 69.3 Å². The molecule has 4 nitrogen and oxygen atoms in total. The van der Waals surface area contributed by atoms with E-state index in [9.17, 15) is 18.9 Å². The van der Waals surface area contributed by atoms with Gasteiger partial charge in [-0.3, -0.25) is 10.1 Å². The first-order chi connectivity index (χ1) is 10.0. The molecule has 21 heavy (non-hydrogen) atoms. The average molecular weight is 292 g/mol. The second kappa shape index (κ2) is 6.30. The van der Waals surface area contributed by atoms with Gasteiger partial charge in [0, 0.05) is 12.6 Å². The smallest absolute Gasteiger partial charge is 0.298 e. The zero-order chi connectivity index (χ0) is 15.4. The lowest BCUT2D eigenvalue weighted by atomic mass is 10.1. The molecule has 2 rings (SSSR count). The molecule has 110 valence electrons. The maximum Gasteiger partial charge on any atom is 0.298 e. The molecule has 0 atom stereocenters. The largest absolute Gasteiger partial charge is 0.373 e. The predicted molar refractivity (Wildman–Crippen MR) is 76.2 cm³/mol. The number of nitrogens with one attached hydrogen (secondary N) is 1. The van der Waals surface area contributed by atoms with Gasteiger partial charge in [0.2, 0.25) is 0 Å². The van der Waals surface area contributed by atoms with Gasteiger partial charge >= 0.3 is 0 Å². The van der Waals surface area contributed by atoms with Crippen molar-refractivity contribution < 1.29 is 13.7 Å². The Morgan fingerprint density at radius 2 is 1.86 bits per heavy atom. The molecule has 0 radical (unpaired) electrons. The summed E-state index contributed by atoms with van der Waals surface area (Å²) in [4.78, 5) is 10.1. The third-order valence-electron chi connectivity index (χ3n) is 3.19. The lowest BCUT2D eigenvalue weighted by Crippen LogP contribution is -2.07. The quantitative estimate of drug-likeness (QED) is 0.668. The van der Waals surface area contributed by atoms with Crippen LogP contribution in [0.5, 0.6) is 0 Å². The van der Waals surface area contributed by atoms with Crippen LogP contribution in [0, 0.1) is 21.7 Å². The Morgan fingerprint density at radius 3 is 2.48 bits per heavy atom. The van der Waals surface area contributed by atoms with Crippen molar-refractivity contribution in [2.45, 2.75) is 19.9 Å². The second-order valence-electron chi connectivity index (χ2n) is 4.51. The molecule has 2 aromatic rings. The molecule has 0 saturated carbocycles. The average Bonchev–Trinajstić information content (AvgIpc) is 2.45. The molecule has 6 heteroatoms. The minimum Gasteiger partial charge on any atom is -0.373 e. The summed E-state index contributed by atoms with van der Waals surface area (Å²) in [6.45, 7) is 2.22. The standard InChI is InChI=1S/C15H14F2N2O2/c1-2-10-5-3-4-6-11(10)9-18-15-13(17)7-12(16)8-14(15)19(20)21/h3-8,18H,2,9H2,1H3. The summed E-state index contributed by atoms with van der Waals surface area (Å²) in [6, 6.07) is 8.86. The Bertz CT molecular complexity index is 675. The van der Waals surface area contributed by atoms with Gasteiger partial charge < -0.3 is 5.32 Å². The molecule has 0 aliphatic heterocycles. The van der Waals surface area contributed by atoms with Crippen LogP contribution in [0.3, 0.4) is 0 Å². The Morgan fingerprint density at radius 1 is 1.19 bits per heavy atom. The molecular formula is C15H14F2N2O2. The van der Waals surface area contributed by atoms with Gasteiger partial charge in [0.15, 0.2) is 5.82 Å². The van der Waals surface area contributed by atoms with Gasteiger partial charge in [-0.2, -0.15) is 0 Å². The first-order valence-electron chi connectivity index (χ1n) is 6.47. The summed E-state index contributed by atoms with van der Waals surface area (Å²) in [7, 11) is 0. The topological polar surface area (TPSA) is 55.2 Å². The van der Waals surface area contributed by atoms with Crippen molar-refractivity contribution in [3.8, 4) is 0 Å². The lowest BCUT2D eigenvalue weighted by molar-refractivity contribution is -0.384. The summed E-state index contributed by atoms with van der Waals surface area (Å²) in [5, 5.41) is 13.6. The molecule has 0 aliphatic carbocycles. The highest BCUT2D eigenvalue weighted by Crippen LogP contribution is 2.29. The number of hydrogen-bond donors (Lipinski definition) is 1. The SMILES string of the molecule is CCc1ccccc1CNc1c(F)cc(F)cc1[N+](=O)[O-]. The van der Waals surface area contributed by atoms with Crippen molar-refractivity contribution >= 4 is 11.4 Å². The summed E-state index contributed by atoms with van der Waals surface area (Å²) in [6.07, 6.45) is 0.797. The Balaban J connectivity index is 2.30.